The van der Waals surface area contributed by atoms with Crippen LogP contribution in [0.25, 0.3) is 0 Å². The predicted molar refractivity (Wildman–Crippen MR) is 55.0 cm³/mol. The molecule has 0 spiro atoms. The maximum atomic E-state index is 4.28. The molecule has 1 saturated heterocycles. The molecule has 0 nitrogen and oxygen atoms in total. The van der Waals surface area contributed by atoms with Crippen molar-refractivity contribution >= 4 is 48.8 Å². The largest absolute Gasteiger partial charge is 0.165 e. The highest BCUT2D eigenvalue weighted by Gasteiger charge is 2.17. The van der Waals surface area contributed by atoms with E-state index in [-0.39, 0.29) is 4.58 Å². The highest BCUT2D eigenvalue weighted by atomic mass is 32.2. The van der Waals surface area contributed by atoms with Crippen LogP contribution < -0.4 is 0 Å². The summed E-state index contributed by atoms with van der Waals surface area (Å²) in [6, 6.07) is 0. The molecule has 1 rings (SSSR count). The topological polar surface area (TPSA) is 0 Å². The fourth-order valence-corrected chi connectivity index (χ4v) is 4.29. The SMILES string of the molecule is SC(S)C1CSCSC1. The van der Waals surface area contributed by atoms with E-state index < -0.39 is 0 Å². The summed E-state index contributed by atoms with van der Waals surface area (Å²) in [6.45, 7) is 0. The third-order valence-electron chi connectivity index (χ3n) is 1.25. The average Bonchev–Trinajstić information content (AvgIpc) is 1.90. The van der Waals surface area contributed by atoms with Gasteiger partial charge >= 0.3 is 0 Å². The van der Waals surface area contributed by atoms with Crippen LogP contribution in [-0.4, -0.2) is 21.2 Å². The van der Waals surface area contributed by atoms with E-state index in [1.807, 2.05) is 23.5 Å². The lowest BCUT2D eigenvalue weighted by molar-refractivity contribution is 0.751. The maximum Gasteiger partial charge on any atom is 0.0486 e. The lowest BCUT2D eigenvalue weighted by Gasteiger charge is -2.22. The zero-order valence-electron chi connectivity index (χ0n) is 4.99. The molecule has 0 aromatic rings. The van der Waals surface area contributed by atoms with Crippen LogP contribution in [0.4, 0.5) is 0 Å². The zero-order chi connectivity index (χ0) is 6.69. The number of thiol groups is 2. The molecule has 54 valence electrons. The molecular formula is C5H10S4. The predicted octanol–water partition coefficient (Wildman–Crippen LogP) is 2.23. The van der Waals surface area contributed by atoms with Gasteiger partial charge in [0.05, 0.1) is 0 Å². The third-order valence-corrected chi connectivity index (χ3v) is 4.76. The van der Waals surface area contributed by atoms with E-state index in [4.69, 9.17) is 0 Å². The molecule has 0 radical (unpaired) electrons. The minimum Gasteiger partial charge on any atom is -0.165 e. The highest BCUT2D eigenvalue weighted by molar-refractivity contribution is 8.16. The van der Waals surface area contributed by atoms with Crippen LogP contribution in [0.2, 0.25) is 0 Å². The smallest absolute Gasteiger partial charge is 0.0486 e. The first-order valence-electron chi connectivity index (χ1n) is 2.82. The van der Waals surface area contributed by atoms with Gasteiger partial charge in [-0.3, -0.25) is 0 Å². The summed E-state index contributed by atoms with van der Waals surface area (Å²) in [4.78, 5) is 0. The molecule has 1 heterocycles. The van der Waals surface area contributed by atoms with Crippen LogP contribution in [0, 0.1) is 5.92 Å². The van der Waals surface area contributed by atoms with E-state index in [9.17, 15) is 0 Å². The summed E-state index contributed by atoms with van der Waals surface area (Å²) >= 11 is 12.6. The molecule has 1 aliphatic heterocycles. The van der Waals surface area contributed by atoms with Crippen molar-refractivity contribution < 1.29 is 0 Å². The maximum absolute atomic E-state index is 4.28. The van der Waals surface area contributed by atoms with Crippen molar-refractivity contribution in [2.24, 2.45) is 5.92 Å². The Morgan fingerprint density at radius 3 is 2.11 bits per heavy atom. The van der Waals surface area contributed by atoms with E-state index in [2.05, 4.69) is 25.3 Å². The first-order chi connectivity index (χ1) is 4.30. The van der Waals surface area contributed by atoms with Gasteiger partial charge in [-0.1, -0.05) is 0 Å². The second-order valence-electron chi connectivity index (χ2n) is 2.03. The van der Waals surface area contributed by atoms with Crippen molar-refractivity contribution in [3.05, 3.63) is 0 Å². The van der Waals surface area contributed by atoms with Crippen molar-refractivity contribution in [2.45, 2.75) is 4.58 Å². The van der Waals surface area contributed by atoms with Crippen LogP contribution in [0.3, 0.4) is 0 Å². The van der Waals surface area contributed by atoms with Crippen LogP contribution >= 0.6 is 48.8 Å². The summed E-state index contributed by atoms with van der Waals surface area (Å²) in [5, 5.41) is 1.25. The normalized spacial score (nSPS) is 23.0. The Labute approximate surface area is 75.7 Å². The fourth-order valence-electron chi connectivity index (χ4n) is 0.678. The second-order valence-corrected chi connectivity index (χ2v) is 5.98. The number of hydrogen-bond acceptors (Lipinski definition) is 4. The van der Waals surface area contributed by atoms with Crippen molar-refractivity contribution in [1.29, 1.82) is 0 Å². The molecule has 0 aromatic carbocycles. The number of hydrogen-bond donors (Lipinski definition) is 2. The standard InChI is InChI=1S/C5H10S4/c6-5(7)4-1-8-3-9-2-4/h4-7H,1-3H2. The molecular weight excluding hydrogens is 188 g/mol. The van der Waals surface area contributed by atoms with E-state index in [0.717, 1.165) is 0 Å². The molecule has 4 heteroatoms. The molecule has 1 aliphatic rings. The Bertz CT molecular complexity index is 77.0. The van der Waals surface area contributed by atoms with Gasteiger partial charge in [0.15, 0.2) is 0 Å². The van der Waals surface area contributed by atoms with Crippen LogP contribution in [0.1, 0.15) is 0 Å². The van der Waals surface area contributed by atoms with Crippen LogP contribution in [-0.2, 0) is 0 Å². The van der Waals surface area contributed by atoms with Gasteiger partial charge in [-0.25, -0.2) is 0 Å². The summed E-state index contributed by atoms with van der Waals surface area (Å²) in [5.74, 6) is 3.19. The zero-order valence-corrected chi connectivity index (χ0v) is 8.41. The van der Waals surface area contributed by atoms with E-state index >= 15 is 0 Å². The van der Waals surface area contributed by atoms with Crippen molar-refractivity contribution in [3.8, 4) is 0 Å². The highest BCUT2D eigenvalue weighted by Crippen LogP contribution is 2.30. The van der Waals surface area contributed by atoms with E-state index in [1.165, 1.54) is 16.6 Å². The minimum absolute atomic E-state index is 0.283. The molecule has 0 atom stereocenters. The first kappa shape index (κ1) is 8.50. The molecule has 0 aliphatic carbocycles. The first-order valence-corrected chi connectivity index (χ1v) is 6.16. The van der Waals surface area contributed by atoms with Gasteiger partial charge < -0.3 is 0 Å². The molecule has 1 fully saturated rings. The molecule has 0 saturated carbocycles. The van der Waals surface area contributed by atoms with Gasteiger partial charge in [-0.05, 0) is 17.4 Å². The Morgan fingerprint density at radius 2 is 1.78 bits per heavy atom. The van der Waals surface area contributed by atoms with Crippen molar-refractivity contribution in [3.63, 3.8) is 0 Å². The molecule has 0 aromatic heterocycles. The lowest BCUT2D eigenvalue weighted by atomic mass is 10.2. The second kappa shape index (κ2) is 4.31. The monoisotopic (exact) mass is 198 g/mol. The van der Waals surface area contributed by atoms with Crippen LogP contribution in [0.15, 0.2) is 0 Å². The van der Waals surface area contributed by atoms with E-state index in [0.29, 0.717) is 5.92 Å². The summed E-state index contributed by atoms with van der Waals surface area (Å²) < 4.78 is 0.283. The quantitative estimate of drug-likeness (QED) is 0.490. The Kier molecular flexibility index (Phi) is 4.07. The molecule has 0 bridgehead atoms. The van der Waals surface area contributed by atoms with Crippen LogP contribution in [0.5, 0.6) is 0 Å². The summed E-state index contributed by atoms with van der Waals surface area (Å²) in [5.41, 5.74) is 0. The van der Waals surface area contributed by atoms with Gasteiger partial charge in [0, 0.05) is 9.67 Å². The third kappa shape index (κ3) is 2.87. The fraction of sp³-hybridized carbons (Fsp3) is 1.00. The van der Waals surface area contributed by atoms with Gasteiger partial charge in [0.25, 0.3) is 0 Å². The van der Waals surface area contributed by atoms with Gasteiger partial charge in [-0.15, -0.1) is 0 Å². The molecule has 0 N–H and O–H groups in total. The van der Waals surface area contributed by atoms with Gasteiger partial charge in [0.2, 0.25) is 0 Å². The van der Waals surface area contributed by atoms with E-state index in [1.54, 1.807) is 0 Å². The molecule has 9 heavy (non-hydrogen) atoms. The molecule has 0 unspecified atom stereocenters. The minimum atomic E-state index is 0.283. The number of rotatable bonds is 1. The van der Waals surface area contributed by atoms with Crippen molar-refractivity contribution in [2.75, 3.05) is 16.6 Å². The van der Waals surface area contributed by atoms with Crippen molar-refractivity contribution in [1.82, 2.24) is 0 Å². The Balaban J connectivity index is 2.23. The average molecular weight is 198 g/mol. The Hall–Kier alpha value is 1.40. The number of thioether (sulfide) groups is 2. The lowest BCUT2D eigenvalue weighted by Crippen LogP contribution is -2.18. The summed E-state index contributed by atoms with van der Waals surface area (Å²) in [7, 11) is 0. The molecule has 0 amide bonds. The van der Waals surface area contributed by atoms with Gasteiger partial charge in [0.1, 0.15) is 0 Å². The van der Waals surface area contributed by atoms with Gasteiger partial charge in [-0.2, -0.15) is 48.8 Å². The summed E-state index contributed by atoms with van der Waals surface area (Å²) in [6.07, 6.45) is 0. The Morgan fingerprint density at radius 1 is 1.22 bits per heavy atom.